The van der Waals surface area contributed by atoms with E-state index in [9.17, 15) is 0 Å². The summed E-state index contributed by atoms with van der Waals surface area (Å²) in [6.07, 6.45) is 4.18. The second kappa shape index (κ2) is 5.16. The summed E-state index contributed by atoms with van der Waals surface area (Å²) in [6.45, 7) is 2.95. The van der Waals surface area contributed by atoms with Crippen molar-refractivity contribution < 1.29 is 4.74 Å². The summed E-state index contributed by atoms with van der Waals surface area (Å²) in [7, 11) is 1.76. The lowest BCUT2D eigenvalue weighted by Gasteiger charge is -2.33. The molecule has 2 rings (SSSR count). The molecule has 1 unspecified atom stereocenters. The maximum absolute atomic E-state index is 5.63. The van der Waals surface area contributed by atoms with E-state index in [1.54, 1.807) is 13.3 Å². The van der Waals surface area contributed by atoms with E-state index in [0.717, 1.165) is 25.5 Å². The van der Waals surface area contributed by atoms with Gasteiger partial charge in [0.2, 0.25) is 0 Å². The Morgan fingerprint density at radius 2 is 2.44 bits per heavy atom. The summed E-state index contributed by atoms with van der Waals surface area (Å²) in [5.74, 6) is 1.65. The number of ether oxygens (including phenoxy) is 1. The van der Waals surface area contributed by atoms with E-state index in [1.807, 2.05) is 12.1 Å². The SMILES string of the molecule is COCC1CCCN(c2ccc(N)cn2)C1. The highest BCUT2D eigenvalue weighted by atomic mass is 16.5. The molecule has 88 valence electrons. The van der Waals surface area contributed by atoms with Gasteiger partial charge in [0.25, 0.3) is 0 Å². The van der Waals surface area contributed by atoms with Crippen molar-refractivity contribution >= 4 is 11.5 Å². The Morgan fingerprint density at radius 1 is 1.56 bits per heavy atom. The summed E-state index contributed by atoms with van der Waals surface area (Å²) in [6, 6.07) is 3.90. The van der Waals surface area contributed by atoms with Gasteiger partial charge in [0.15, 0.2) is 0 Å². The maximum atomic E-state index is 5.63. The number of rotatable bonds is 3. The largest absolute Gasteiger partial charge is 0.397 e. The van der Waals surface area contributed by atoms with Crippen LogP contribution < -0.4 is 10.6 Å². The molecule has 4 heteroatoms. The van der Waals surface area contributed by atoms with Crippen molar-refractivity contribution in [3.63, 3.8) is 0 Å². The minimum Gasteiger partial charge on any atom is -0.397 e. The molecule has 0 aliphatic carbocycles. The van der Waals surface area contributed by atoms with Gasteiger partial charge in [-0.3, -0.25) is 0 Å². The number of hydrogen-bond donors (Lipinski definition) is 1. The van der Waals surface area contributed by atoms with Crippen LogP contribution in [-0.4, -0.2) is 31.8 Å². The minimum absolute atomic E-state index is 0.623. The second-order valence-electron chi connectivity index (χ2n) is 4.36. The molecule has 1 aromatic rings. The number of aromatic nitrogens is 1. The normalized spacial score (nSPS) is 21.1. The summed E-state index contributed by atoms with van der Waals surface area (Å²) in [5, 5.41) is 0. The van der Waals surface area contributed by atoms with Gasteiger partial charge in [-0.15, -0.1) is 0 Å². The summed E-state index contributed by atoms with van der Waals surface area (Å²) in [5.41, 5.74) is 6.35. The second-order valence-corrected chi connectivity index (χ2v) is 4.36. The maximum Gasteiger partial charge on any atom is 0.128 e. The molecule has 0 spiro atoms. The van der Waals surface area contributed by atoms with Crippen molar-refractivity contribution in [2.24, 2.45) is 5.92 Å². The van der Waals surface area contributed by atoms with E-state index in [2.05, 4.69) is 9.88 Å². The van der Waals surface area contributed by atoms with E-state index >= 15 is 0 Å². The fourth-order valence-electron chi connectivity index (χ4n) is 2.23. The smallest absolute Gasteiger partial charge is 0.128 e. The van der Waals surface area contributed by atoms with Gasteiger partial charge in [-0.25, -0.2) is 4.98 Å². The van der Waals surface area contributed by atoms with Gasteiger partial charge in [-0.05, 0) is 30.9 Å². The van der Waals surface area contributed by atoms with E-state index in [1.165, 1.54) is 12.8 Å². The molecule has 2 heterocycles. The lowest BCUT2D eigenvalue weighted by molar-refractivity contribution is 0.143. The highest BCUT2D eigenvalue weighted by molar-refractivity contribution is 5.46. The fraction of sp³-hybridized carbons (Fsp3) is 0.583. The molecule has 4 nitrogen and oxygen atoms in total. The third-order valence-electron chi connectivity index (χ3n) is 3.02. The van der Waals surface area contributed by atoms with Gasteiger partial charge in [0, 0.05) is 20.2 Å². The summed E-state index contributed by atoms with van der Waals surface area (Å²) >= 11 is 0. The van der Waals surface area contributed by atoms with E-state index in [-0.39, 0.29) is 0 Å². The number of piperidine rings is 1. The molecule has 2 N–H and O–H groups in total. The molecule has 0 saturated carbocycles. The van der Waals surface area contributed by atoms with Crippen LogP contribution in [0.15, 0.2) is 18.3 Å². The van der Waals surface area contributed by atoms with Crippen LogP contribution in [0.2, 0.25) is 0 Å². The van der Waals surface area contributed by atoms with Crippen molar-refractivity contribution in [3.8, 4) is 0 Å². The average Bonchev–Trinajstić information content (AvgIpc) is 2.31. The van der Waals surface area contributed by atoms with Crippen LogP contribution in [0.5, 0.6) is 0 Å². The van der Waals surface area contributed by atoms with Crippen LogP contribution in [0.4, 0.5) is 11.5 Å². The lowest BCUT2D eigenvalue weighted by Crippen LogP contribution is -2.37. The van der Waals surface area contributed by atoms with Crippen molar-refractivity contribution in [2.75, 3.05) is 37.4 Å². The predicted octanol–water partition coefficient (Wildman–Crippen LogP) is 1.53. The first-order valence-electron chi connectivity index (χ1n) is 5.75. The van der Waals surface area contributed by atoms with Crippen LogP contribution in [0.25, 0.3) is 0 Å². The van der Waals surface area contributed by atoms with Gasteiger partial charge in [-0.2, -0.15) is 0 Å². The van der Waals surface area contributed by atoms with Crippen LogP contribution in [0.1, 0.15) is 12.8 Å². The van der Waals surface area contributed by atoms with Gasteiger partial charge < -0.3 is 15.4 Å². The van der Waals surface area contributed by atoms with E-state index in [0.29, 0.717) is 11.6 Å². The molecule has 1 atom stereocenters. The molecule has 1 fully saturated rings. The Labute approximate surface area is 96.4 Å². The molecule has 0 aromatic carbocycles. The Bertz CT molecular complexity index is 324. The number of nitrogens with zero attached hydrogens (tertiary/aromatic N) is 2. The van der Waals surface area contributed by atoms with Crippen LogP contribution >= 0.6 is 0 Å². The zero-order valence-electron chi connectivity index (χ0n) is 9.72. The molecular formula is C12H19N3O. The highest BCUT2D eigenvalue weighted by Crippen LogP contribution is 2.21. The third-order valence-corrected chi connectivity index (χ3v) is 3.02. The Hall–Kier alpha value is -1.29. The van der Waals surface area contributed by atoms with E-state index < -0.39 is 0 Å². The molecule has 0 radical (unpaired) electrons. The lowest BCUT2D eigenvalue weighted by atomic mass is 9.99. The molecule has 1 aromatic heterocycles. The minimum atomic E-state index is 0.623. The van der Waals surface area contributed by atoms with Crippen molar-refractivity contribution in [2.45, 2.75) is 12.8 Å². The molecule has 1 aliphatic rings. The van der Waals surface area contributed by atoms with Gasteiger partial charge in [-0.1, -0.05) is 0 Å². The topological polar surface area (TPSA) is 51.4 Å². The quantitative estimate of drug-likeness (QED) is 0.841. The van der Waals surface area contributed by atoms with Crippen molar-refractivity contribution in [1.29, 1.82) is 0 Å². The molecule has 0 amide bonds. The zero-order chi connectivity index (χ0) is 11.4. The number of methoxy groups -OCH3 is 1. The zero-order valence-corrected chi connectivity index (χ0v) is 9.72. The number of pyridine rings is 1. The van der Waals surface area contributed by atoms with Gasteiger partial charge in [0.1, 0.15) is 5.82 Å². The number of hydrogen-bond acceptors (Lipinski definition) is 4. The molecule has 1 saturated heterocycles. The Kier molecular flexibility index (Phi) is 3.62. The molecule has 0 bridgehead atoms. The summed E-state index contributed by atoms with van der Waals surface area (Å²) in [4.78, 5) is 6.67. The Morgan fingerprint density at radius 3 is 3.12 bits per heavy atom. The monoisotopic (exact) mass is 221 g/mol. The van der Waals surface area contributed by atoms with Crippen molar-refractivity contribution in [1.82, 2.24) is 4.98 Å². The first-order chi connectivity index (χ1) is 7.79. The molecular weight excluding hydrogens is 202 g/mol. The highest BCUT2D eigenvalue weighted by Gasteiger charge is 2.20. The summed E-state index contributed by atoms with van der Waals surface area (Å²) < 4.78 is 5.22. The van der Waals surface area contributed by atoms with Crippen molar-refractivity contribution in [3.05, 3.63) is 18.3 Å². The standard InChI is InChI=1S/C12H19N3O/c1-16-9-10-3-2-6-15(8-10)12-5-4-11(13)7-14-12/h4-5,7,10H,2-3,6,8-9,13H2,1H3. The first kappa shape index (κ1) is 11.2. The Balaban J connectivity index is 2.01. The number of anilines is 2. The fourth-order valence-corrected chi connectivity index (χ4v) is 2.23. The first-order valence-corrected chi connectivity index (χ1v) is 5.75. The predicted molar refractivity (Wildman–Crippen MR) is 65.5 cm³/mol. The van der Waals surface area contributed by atoms with Gasteiger partial charge >= 0.3 is 0 Å². The van der Waals surface area contributed by atoms with Crippen LogP contribution in [-0.2, 0) is 4.74 Å². The average molecular weight is 221 g/mol. The van der Waals surface area contributed by atoms with Gasteiger partial charge in [0.05, 0.1) is 18.5 Å². The van der Waals surface area contributed by atoms with Crippen LogP contribution in [0, 0.1) is 5.92 Å². The van der Waals surface area contributed by atoms with Crippen LogP contribution in [0.3, 0.4) is 0 Å². The molecule has 1 aliphatic heterocycles. The third kappa shape index (κ3) is 2.64. The van der Waals surface area contributed by atoms with E-state index in [4.69, 9.17) is 10.5 Å². The number of nitrogens with two attached hydrogens (primary N) is 1. The molecule has 16 heavy (non-hydrogen) atoms. The number of nitrogen functional groups attached to an aromatic ring is 1.